The molecule has 3 rings (SSSR count). The van der Waals surface area contributed by atoms with Crippen molar-refractivity contribution in [1.29, 1.82) is 0 Å². The normalized spacial score (nSPS) is 12.0. The van der Waals surface area contributed by atoms with Gasteiger partial charge in [-0.2, -0.15) is 0 Å². The Hall–Kier alpha value is -2.99. The first kappa shape index (κ1) is 20.7. The van der Waals surface area contributed by atoms with Crippen LogP contribution in [0.15, 0.2) is 54.7 Å². The number of carbonyl (C=O) groups excluding carboxylic acids is 2. The highest BCUT2D eigenvalue weighted by Gasteiger charge is 2.17. The van der Waals surface area contributed by atoms with E-state index in [4.69, 9.17) is 11.6 Å². The van der Waals surface area contributed by atoms with Crippen molar-refractivity contribution < 1.29 is 9.59 Å². The van der Waals surface area contributed by atoms with Gasteiger partial charge in [-0.05, 0) is 29.2 Å². The molecule has 0 bridgehead atoms. The van der Waals surface area contributed by atoms with Gasteiger partial charge in [-0.25, -0.2) is 4.98 Å². The van der Waals surface area contributed by atoms with Crippen LogP contribution in [-0.4, -0.2) is 34.2 Å². The van der Waals surface area contributed by atoms with Crippen LogP contribution in [0.25, 0.3) is 11.0 Å². The SMILES string of the molecule is CC(C)c1ccc(C(CNC(=O)c2cnc3ccccc3n2)NC(=O)CCl)cc1. The minimum Gasteiger partial charge on any atom is -0.348 e. The lowest BCUT2D eigenvalue weighted by atomic mass is 9.99. The van der Waals surface area contributed by atoms with E-state index in [9.17, 15) is 9.59 Å². The van der Waals surface area contributed by atoms with Gasteiger partial charge in [0, 0.05) is 6.54 Å². The van der Waals surface area contributed by atoms with E-state index in [2.05, 4.69) is 34.4 Å². The summed E-state index contributed by atoms with van der Waals surface area (Å²) < 4.78 is 0. The van der Waals surface area contributed by atoms with Crippen LogP contribution in [0, 0.1) is 0 Å². The minimum absolute atomic E-state index is 0.148. The summed E-state index contributed by atoms with van der Waals surface area (Å²) in [5.41, 5.74) is 3.68. The molecule has 1 aromatic heterocycles. The Balaban J connectivity index is 1.74. The molecular weight excluding hydrogens is 388 g/mol. The number of hydrogen-bond acceptors (Lipinski definition) is 4. The molecule has 0 fully saturated rings. The van der Waals surface area contributed by atoms with Crippen LogP contribution in [-0.2, 0) is 4.79 Å². The van der Waals surface area contributed by atoms with Crippen molar-refractivity contribution in [2.45, 2.75) is 25.8 Å². The predicted octanol–water partition coefficient (Wildman–Crippen LogP) is 3.58. The Kier molecular flexibility index (Phi) is 6.77. The Morgan fingerprint density at radius 3 is 2.31 bits per heavy atom. The number of carbonyl (C=O) groups is 2. The summed E-state index contributed by atoms with van der Waals surface area (Å²) in [6, 6.07) is 14.9. The second kappa shape index (κ2) is 9.47. The van der Waals surface area contributed by atoms with Gasteiger partial charge in [-0.15, -0.1) is 11.6 Å². The Bertz CT molecular complexity index is 1010. The first-order valence-electron chi connectivity index (χ1n) is 9.43. The highest BCUT2D eigenvalue weighted by Crippen LogP contribution is 2.19. The molecule has 6 nitrogen and oxygen atoms in total. The standard InChI is InChI=1S/C22H23ClN4O2/c1-14(2)15-7-9-16(10-8-15)19(27-21(28)11-23)12-25-22(29)20-13-24-17-5-3-4-6-18(17)26-20/h3-10,13-14,19H,11-12H2,1-2H3,(H,25,29)(H,27,28). The molecule has 0 radical (unpaired) electrons. The lowest BCUT2D eigenvalue weighted by molar-refractivity contribution is -0.119. The van der Waals surface area contributed by atoms with Gasteiger partial charge in [0.2, 0.25) is 5.91 Å². The monoisotopic (exact) mass is 410 g/mol. The Labute approximate surface area is 174 Å². The molecule has 2 N–H and O–H groups in total. The van der Waals surface area contributed by atoms with Gasteiger partial charge in [0.1, 0.15) is 11.6 Å². The molecule has 0 aliphatic rings. The quantitative estimate of drug-likeness (QED) is 0.583. The second-order valence-corrected chi connectivity index (χ2v) is 7.30. The predicted molar refractivity (Wildman–Crippen MR) is 114 cm³/mol. The van der Waals surface area contributed by atoms with Gasteiger partial charge in [0.15, 0.2) is 0 Å². The molecule has 1 atom stereocenters. The number of halogens is 1. The largest absolute Gasteiger partial charge is 0.348 e. The Morgan fingerprint density at radius 1 is 1.00 bits per heavy atom. The number of benzene rings is 2. The zero-order valence-electron chi connectivity index (χ0n) is 16.4. The second-order valence-electron chi connectivity index (χ2n) is 7.03. The molecule has 0 aliphatic heterocycles. The fourth-order valence-electron chi connectivity index (χ4n) is 2.95. The van der Waals surface area contributed by atoms with Gasteiger partial charge < -0.3 is 10.6 Å². The topological polar surface area (TPSA) is 84.0 Å². The molecular formula is C22H23ClN4O2. The summed E-state index contributed by atoms with van der Waals surface area (Å²) in [6.07, 6.45) is 1.45. The third-order valence-electron chi connectivity index (χ3n) is 4.61. The zero-order valence-corrected chi connectivity index (χ0v) is 17.1. The third-order valence-corrected chi connectivity index (χ3v) is 4.85. The summed E-state index contributed by atoms with van der Waals surface area (Å²) in [7, 11) is 0. The van der Waals surface area contributed by atoms with Crippen molar-refractivity contribution in [1.82, 2.24) is 20.6 Å². The van der Waals surface area contributed by atoms with Crippen molar-refractivity contribution in [3.8, 4) is 0 Å². The lowest BCUT2D eigenvalue weighted by Gasteiger charge is -2.20. The lowest BCUT2D eigenvalue weighted by Crippen LogP contribution is -2.38. The number of nitrogens with zero attached hydrogens (tertiary/aromatic N) is 2. The van der Waals surface area contributed by atoms with Crippen LogP contribution in [0.3, 0.4) is 0 Å². The number of alkyl halides is 1. The average Bonchev–Trinajstić information content (AvgIpc) is 2.75. The van der Waals surface area contributed by atoms with Gasteiger partial charge in [-0.1, -0.05) is 50.2 Å². The zero-order chi connectivity index (χ0) is 20.8. The maximum atomic E-state index is 12.6. The van der Waals surface area contributed by atoms with E-state index in [-0.39, 0.29) is 29.9 Å². The molecule has 2 aromatic carbocycles. The molecule has 0 spiro atoms. The van der Waals surface area contributed by atoms with Crippen LogP contribution in [0.4, 0.5) is 0 Å². The van der Waals surface area contributed by atoms with E-state index in [0.29, 0.717) is 11.4 Å². The number of rotatable bonds is 7. The molecule has 29 heavy (non-hydrogen) atoms. The van der Waals surface area contributed by atoms with Crippen molar-refractivity contribution in [2.75, 3.05) is 12.4 Å². The van der Waals surface area contributed by atoms with Crippen LogP contribution in [0.2, 0.25) is 0 Å². The maximum Gasteiger partial charge on any atom is 0.271 e. The van der Waals surface area contributed by atoms with Crippen molar-refractivity contribution in [3.05, 3.63) is 71.5 Å². The van der Waals surface area contributed by atoms with Gasteiger partial charge in [0.05, 0.1) is 23.3 Å². The van der Waals surface area contributed by atoms with E-state index in [1.54, 1.807) is 6.07 Å². The number of fused-ring (bicyclic) bond motifs is 1. The minimum atomic E-state index is -0.403. The molecule has 0 aliphatic carbocycles. The molecule has 7 heteroatoms. The smallest absolute Gasteiger partial charge is 0.271 e. The van der Waals surface area contributed by atoms with E-state index in [1.165, 1.54) is 11.8 Å². The fraction of sp³-hybridized carbons (Fsp3) is 0.273. The number of hydrogen-bond donors (Lipinski definition) is 2. The molecule has 1 heterocycles. The molecule has 2 amide bonds. The van der Waals surface area contributed by atoms with Crippen LogP contribution in [0.5, 0.6) is 0 Å². The highest BCUT2D eigenvalue weighted by molar-refractivity contribution is 6.27. The number of nitrogens with one attached hydrogen (secondary N) is 2. The number of amides is 2. The van der Waals surface area contributed by atoms with Crippen molar-refractivity contribution in [3.63, 3.8) is 0 Å². The van der Waals surface area contributed by atoms with E-state index >= 15 is 0 Å². The van der Waals surface area contributed by atoms with Crippen LogP contribution >= 0.6 is 11.6 Å². The van der Waals surface area contributed by atoms with Crippen molar-refractivity contribution >= 4 is 34.4 Å². The summed E-state index contributed by atoms with van der Waals surface area (Å²) in [4.78, 5) is 33.0. The molecule has 1 unspecified atom stereocenters. The first-order valence-corrected chi connectivity index (χ1v) is 9.96. The number of aromatic nitrogens is 2. The third kappa shape index (κ3) is 5.29. The average molecular weight is 411 g/mol. The summed E-state index contributed by atoms with van der Waals surface area (Å²) in [5, 5.41) is 5.68. The van der Waals surface area contributed by atoms with Gasteiger partial charge in [-0.3, -0.25) is 14.6 Å². The summed E-state index contributed by atoms with van der Waals surface area (Å²) >= 11 is 5.65. The maximum absolute atomic E-state index is 12.6. The van der Waals surface area contributed by atoms with Crippen LogP contribution in [0.1, 0.15) is 47.4 Å². The molecule has 0 saturated heterocycles. The molecule has 0 saturated carbocycles. The molecule has 3 aromatic rings. The van der Waals surface area contributed by atoms with Crippen LogP contribution < -0.4 is 10.6 Å². The fourth-order valence-corrected chi connectivity index (χ4v) is 3.03. The summed E-state index contributed by atoms with van der Waals surface area (Å²) in [6.45, 7) is 4.44. The molecule has 150 valence electrons. The van der Waals surface area contributed by atoms with E-state index < -0.39 is 6.04 Å². The van der Waals surface area contributed by atoms with Crippen molar-refractivity contribution in [2.24, 2.45) is 0 Å². The summed E-state index contributed by atoms with van der Waals surface area (Å²) in [5.74, 6) is -0.396. The van der Waals surface area contributed by atoms with Gasteiger partial charge in [0.25, 0.3) is 5.91 Å². The highest BCUT2D eigenvalue weighted by atomic mass is 35.5. The number of para-hydroxylation sites is 2. The first-order chi connectivity index (χ1) is 14.0. The van der Waals surface area contributed by atoms with E-state index in [0.717, 1.165) is 11.1 Å². The van der Waals surface area contributed by atoms with Gasteiger partial charge >= 0.3 is 0 Å². The Morgan fingerprint density at radius 2 is 1.66 bits per heavy atom. The van der Waals surface area contributed by atoms with E-state index in [1.807, 2.05) is 42.5 Å².